The van der Waals surface area contributed by atoms with E-state index in [1.54, 1.807) is 4.90 Å². The van der Waals surface area contributed by atoms with Gasteiger partial charge in [0.25, 0.3) is 7.82 Å². The topological polar surface area (TPSA) is 96.0 Å². The second-order valence-electron chi connectivity index (χ2n) is 11.7. The maximum atomic E-state index is 12.7. The number of hydrogen-bond acceptors (Lipinski definition) is 6. The summed E-state index contributed by atoms with van der Waals surface area (Å²) < 4.78 is 22.6. The number of Topliss-reactive ketones (excluding diaryl/α,β-unsaturated/α-hetero) is 1. The Morgan fingerprint density at radius 1 is 0.892 bits per heavy atom. The van der Waals surface area contributed by atoms with Gasteiger partial charge in [0.1, 0.15) is 18.9 Å². The van der Waals surface area contributed by atoms with Crippen LogP contribution in [0.3, 0.4) is 0 Å². The number of phosphoric ester groups is 1. The first-order valence-corrected chi connectivity index (χ1v) is 16.2. The van der Waals surface area contributed by atoms with Gasteiger partial charge in [0.2, 0.25) is 5.91 Å². The van der Waals surface area contributed by atoms with Gasteiger partial charge in [-0.2, -0.15) is 0 Å². The second kappa shape index (κ2) is 19.3. The first kappa shape index (κ1) is 34.2. The second-order valence-corrected chi connectivity index (χ2v) is 13.1. The molecule has 1 aliphatic rings. The van der Waals surface area contributed by atoms with Gasteiger partial charge >= 0.3 is 0 Å². The maximum Gasteiger partial charge on any atom is 0.268 e. The minimum absolute atomic E-state index is 0.0298. The van der Waals surface area contributed by atoms with Crippen LogP contribution >= 0.6 is 7.82 Å². The molecule has 9 heteroatoms. The number of nitrogens with zero attached hydrogens (tertiary/aromatic N) is 2. The van der Waals surface area contributed by atoms with Crippen molar-refractivity contribution >= 4 is 19.5 Å². The summed E-state index contributed by atoms with van der Waals surface area (Å²) in [7, 11) is 1.42. The van der Waals surface area contributed by atoms with Crippen molar-refractivity contribution < 1.29 is 32.6 Å². The highest BCUT2D eigenvalue weighted by Gasteiger charge is 2.30. The molecule has 0 aromatic rings. The minimum Gasteiger partial charge on any atom is -0.756 e. The molecule has 1 rings (SSSR count). The molecule has 0 radical (unpaired) electrons. The minimum atomic E-state index is -4.42. The van der Waals surface area contributed by atoms with E-state index in [0.29, 0.717) is 30.4 Å². The van der Waals surface area contributed by atoms with Gasteiger partial charge in [-0.15, -0.1) is 0 Å². The standard InChI is InChI=1S/C28H55N2O6P/c1-5-6-7-8-9-10-11-12-13-14-15-16-17-20-27(31)24-28(32)29-21-18-19-26(29)25-36-37(33,34)35-23-22-30(2,3)4/h26H,5-25H2,1-4H3/t26-/m1/s1. The number of likely N-dealkylation sites (tertiary alicyclic amines) is 1. The number of amides is 1. The van der Waals surface area contributed by atoms with Crippen molar-refractivity contribution in [1.82, 2.24) is 4.90 Å². The van der Waals surface area contributed by atoms with Gasteiger partial charge in [-0.3, -0.25) is 14.2 Å². The smallest absolute Gasteiger partial charge is 0.268 e. The van der Waals surface area contributed by atoms with E-state index in [1.807, 2.05) is 21.1 Å². The van der Waals surface area contributed by atoms with Crippen LogP contribution in [-0.4, -0.2) is 74.6 Å². The Balaban J connectivity index is 2.13. The lowest BCUT2D eigenvalue weighted by Gasteiger charge is -2.30. The highest BCUT2D eigenvalue weighted by molar-refractivity contribution is 7.45. The Kier molecular flexibility index (Phi) is 17.9. The molecular formula is C28H55N2O6P. The Bertz CT molecular complexity index is 682. The molecule has 1 unspecified atom stereocenters. The van der Waals surface area contributed by atoms with Crippen LogP contribution < -0.4 is 4.89 Å². The maximum absolute atomic E-state index is 12.7. The van der Waals surface area contributed by atoms with Gasteiger partial charge in [-0.25, -0.2) is 0 Å². The van der Waals surface area contributed by atoms with Crippen LogP contribution in [0, 0.1) is 0 Å². The summed E-state index contributed by atoms with van der Waals surface area (Å²) in [6.45, 7) is 3.24. The Labute approximate surface area is 226 Å². The fraction of sp³-hybridized carbons (Fsp3) is 0.929. The first-order valence-electron chi connectivity index (χ1n) is 14.8. The molecule has 0 aromatic carbocycles. The molecule has 0 bridgehead atoms. The lowest BCUT2D eigenvalue weighted by molar-refractivity contribution is -0.870. The molecule has 218 valence electrons. The number of likely N-dealkylation sites (N-methyl/N-ethyl adjacent to an activating group) is 1. The quantitative estimate of drug-likeness (QED) is 0.0714. The van der Waals surface area contributed by atoms with Crippen LogP contribution in [-0.2, 0) is 23.2 Å². The predicted molar refractivity (Wildman–Crippen MR) is 147 cm³/mol. The van der Waals surface area contributed by atoms with E-state index in [4.69, 9.17) is 9.05 Å². The lowest BCUT2D eigenvalue weighted by atomic mass is 10.0. The third-order valence-corrected chi connectivity index (χ3v) is 8.01. The average Bonchev–Trinajstić information content (AvgIpc) is 3.29. The molecule has 0 saturated carbocycles. The van der Waals surface area contributed by atoms with Crippen molar-refractivity contribution in [2.45, 2.75) is 122 Å². The van der Waals surface area contributed by atoms with E-state index in [-0.39, 0.29) is 37.4 Å². The summed E-state index contributed by atoms with van der Waals surface area (Å²) in [6, 6.07) is -0.332. The largest absolute Gasteiger partial charge is 0.756 e. The van der Waals surface area contributed by atoms with Crippen LogP contribution in [0.1, 0.15) is 116 Å². The van der Waals surface area contributed by atoms with E-state index < -0.39 is 7.82 Å². The van der Waals surface area contributed by atoms with Gasteiger partial charge in [0.15, 0.2) is 0 Å². The number of hydrogen-bond donors (Lipinski definition) is 0. The number of quaternary nitrogens is 1. The van der Waals surface area contributed by atoms with Crippen LogP contribution in [0.5, 0.6) is 0 Å². The fourth-order valence-corrected chi connectivity index (χ4v) is 5.41. The van der Waals surface area contributed by atoms with Gasteiger partial charge in [0, 0.05) is 13.0 Å². The molecule has 37 heavy (non-hydrogen) atoms. The first-order chi connectivity index (χ1) is 17.5. The Morgan fingerprint density at radius 2 is 1.43 bits per heavy atom. The van der Waals surface area contributed by atoms with Crippen molar-refractivity contribution in [2.24, 2.45) is 0 Å². The van der Waals surface area contributed by atoms with Crippen molar-refractivity contribution in [3.8, 4) is 0 Å². The Hall–Kier alpha value is -0.790. The molecular weight excluding hydrogens is 491 g/mol. The number of carbonyl (C=O) groups is 2. The summed E-state index contributed by atoms with van der Waals surface area (Å²) in [5, 5.41) is 0. The van der Waals surface area contributed by atoms with Crippen LogP contribution in [0.4, 0.5) is 0 Å². The average molecular weight is 547 g/mol. The molecule has 1 amide bonds. The number of unbranched alkanes of at least 4 members (excludes halogenated alkanes) is 12. The molecule has 0 aromatic heterocycles. The predicted octanol–water partition coefficient (Wildman–Crippen LogP) is 5.63. The van der Waals surface area contributed by atoms with Crippen LogP contribution in [0.25, 0.3) is 0 Å². The zero-order chi connectivity index (χ0) is 27.6. The van der Waals surface area contributed by atoms with Crippen molar-refractivity contribution in [3.05, 3.63) is 0 Å². The lowest BCUT2D eigenvalue weighted by Crippen LogP contribution is -2.39. The molecule has 2 atom stereocenters. The molecule has 0 N–H and O–H groups in total. The van der Waals surface area contributed by atoms with Crippen LogP contribution in [0.15, 0.2) is 0 Å². The van der Waals surface area contributed by atoms with E-state index in [9.17, 15) is 19.0 Å². The third kappa shape index (κ3) is 18.2. The zero-order valence-corrected chi connectivity index (χ0v) is 25.1. The van der Waals surface area contributed by atoms with Crippen molar-refractivity contribution in [3.63, 3.8) is 0 Å². The van der Waals surface area contributed by atoms with E-state index >= 15 is 0 Å². The van der Waals surface area contributed by atoms with Crippen molar-refractivity contribution in [2.75, 3.05) is 47.4 Å². The summed E-state index contributed by atoms with van der Waals surface area (Å²) in [5.74, 6) is -0.254. The summed E-state index contributed by atoms with van der Waals surface area (Å²) in [5.41, 5.74) is 0. The molecule has 0 aliphatic carbocycles. The summed E-state index contributed by atoms with van der Waals surface area (Å²) >= 11 is 0. The SMILES string of the molecule is CCCCCCCCCCCCCCCC(=O)CC(=O)N1CCC[C@@H]1COP(=O)([O-])OCC[N+](C)(C)C. The molecule has 1 heterocycles. The molecule has 1 saturated heterocycles. The number of carbonyl (C=O) groups excluding carboxylic acids is 2. The number of ketones is 1. The van der Waals surface area contributed by atoms with E-state index in [2.05, 4.69) is 6.92 Å². The Morgan fingerprint density at radius 3 is 1.97 bits per heavy atom. The van der Waals surface area contributed by atoms with Gasteiger partial charge in [-0.05, 0) is 19.3 Å². The molecule has 0 spiro atoms. The summed E-state index contributed by atoms with van der Waals surface area (Å²) in [4.78, 5) is 38.7. The monoisotopic (exact) mass is 546 g/mol. The van der Waals surface area contributed by atoms with E-state index in [0.717, 1.165) is 25.7 Å². The number of rotatable bonds is 23. The highest BCUT2D eigenvalue weighted by atomic mass is 31.2. The van der Waals surface area contributed by atoms with Gasteiger partial charge < -0.3 is 23.3 Å². The fourth-order valence-electron chi connectivity index (χ4n) is 4.68. The van der Waals surface area contributed by atoms with E-state index in [1.165, 1.54) is 64.2 Å². The van der Waals surface area contributed by atoms with Gasteiger partial charge in [0.05, 0.1) is 40.2 Å². The number of phosphoric acid groups is 1. The highest BCUT2D eigenvalue weighted by Crippen LogP contribution is 2.39. The summed E-state index contributed by atoms with van der Waals surface area (Å²) in [6.07, 6.45) is 18.1. The normalized spacial score (nSPS) is 17.8. The third-order valence-electron chi connectivity index (χ3n) is 7.04. The molecule has 1 fully saturated rings. The molecule has 8 nitrogen and oxygen atoms in total. The molecule has 1 aliphatic heterocycles. The van der Waals surface area contributed by atoms with Crippen LogP contribution in [0.2, 0.25) is 0 Å². The van der Waals surface area contributed by atoms with Crippen molar-refractivity contribution in [1.29, 1.82) is 0 Å². The van der Waals surface area contributed by atoms with Gasteiger partial charge in [-0.1, -0.05) is 84.0 Å². The zero-order valence-electron chi connectivity index (χ0n) is 24.2.